The van der Waals surface area contributed by atoms with Gasteiger partial charge < -0.3 is 5.32 Å². The van der Waals surface area contributed by atoms with Crippen molar-refractivity contribution < 1.29 is 4.79 Å². The zero-order valence-corrected chi connectivity index (χ0v) is 12.6. The molecule has 0 aliphatic rings. The zero-order chi connectivity index (χ0) is 15.1. The Morgan fingerprint density at radius 3 is 2.52 bits per heavy atom. The van der Waals surface area contributed by atoms with E-state index >= 15 is 0 Å². The summed E-state index contributed by atoms with van der Waals surface area (Å²) in [5, 5.41) is 2.98. The van der Waals surface area contributed by atoms with Crippen molar-refractivity contribution in [3.63, 3.8) is 0 Å². The predicted octanol–water partition coefficient (Wildman–Crippen LogP) is 3.53. The van der Waals surface area contributed by atoms with Crippen LogP contribution in [-0.2, 0) is 11.3 Å². The van der Waals surface area contributed by atoms with Crippen LogP contribution in [0.2, 0.25) is 0 Å². The lowest BCUT2D eigenvalue weighted by atomic mass is 9.85. The maximum absolute atomic E-state index is 12.2. The van der Waals surface area contributed by atoms with Gasteiger partial charge in [-0.05, 0) is 29.0 Å². The number of carbonyl (C=O) groups is 1. The van der Waals surface area contributed by atoms with Gasteiger partial charge in [-0.3, -0.25) is 9.78 Å². The van der Waals surface area contributed by atoms with Crippen LogP contribution in [0.25, 0.3) is 0 Å². The van der Waals surface area contributed by atoms with E-state index in [2.05, 4.69) is 36.3 Å². The second-order valence-corrected chi connectivity index (χ2v) is 5.60. The molecular formula is C18H22N2O. The van der Waals surface area contributed by atoms with E-state index in [1.807, 2.05) is 30.3 Å². The Morgan fingerprint density at radius 2 is 1.90 bits per heavy atom. The Bertz CT molecular complexity index is 552. The van der Waals surface area contributed by atoms with Crippen LogP contribution in [0, 0.1) is 5.92 Å². The fraction of sp³-hybridized carbons (Fsp3) is 0.333. The van der Waals surface area contributed by atoms with E-state index in [0.29, 0.717) is 18.9 Å². The maximum atomic E-state index is 12.2. The molecule has 0 aliphatic carbocycles. The zero-order valence-electron chi connectivity index (χ0n) is 12.6. The molecule has 0 saturated carbocycles. The Kier molecular flexibility index (Phi) is 5.50. The quantitative estimate of drug-likeness (QED) is 0.880. The highest BCUT2D eigenvalue weighted by atomic mass is 16.1. The maximum Gasteiger partial charge on any atom is 0.220 e. The third-order valence-electron chi connectivity index (χ3n) is 3.65. The van der Waals surface area contributed by atoms with Gasteiger partial charge >= 0.3 is 0 Å². The normalized spacial score (nSPS) is 12.1. The van der Waals surface area contributed by atoms with Gasteiger partial charge in [-0.25, -0.2) is 0 Å². The summed E-state index contributed by atoms with van der Waals surface area (Å²) in [5.41, 5.74) is 2.25. The molecule has 0 saturated heterocycles. The average Bonchev–Trinajstić information content (AvgIpc) is 2.52. The highest BCUT2D eigenvalue weighted by Crippen LogP contribution is 2.27. The molecular weight excluding hydrogens is 260 g/mol. The lowest BCUT2D eigenvalue weighted by Gasteiger charge is -2.21. The first-order chi connectivity index (χ1) is 10.2. The van der Waals surface area contributed by atoms with Gasteiger partial charge in [-0.1, -0.05) is 50.2 Å². The van der Waals surface area contributed by atoms with Crippen molar-refractivity contribution in [3.8, 4) is 0 Å². The van der Waals surface area contributed by atoms with Crippen LogP contribution in [0.3, 0.4) is 0 Å². The second kappa shape index (κ2) is 7.58. The van der Waals surface area contributed by atoms with Gasteiger partial charge in [0.05, 0.1) is 0 Å². The Balaban J connectivity index is 1.93. The van der Waals surface area contributed by atoms with Crippen molar-refractivity contribution in [2.45, 2.75) is 32.7 Å². The molecule has 0 bridgehead atoms. The molecule has 0 unspecified atom stereocenters. The minimum absolute atomic E-state index is 0.0846. The standard InChI is InChI=1S/C18H22N2O/c1-14(2)17(16-8-4-3-5-9-16)11-18(21)20-13-15-7-6-10-19-12-15/h3-10,12,14,17H,11,13H2,1-2H3,(H,20,21)/t17-/m1/s1. The SMILES string of the molecule is CC(C)[C@@H](CC(=O)NCc1cccnc1)c1ccccc1. The molecule has 1 aromatic heterocycles. The summed E-state index contributed by atoms with van der Waals surface area (Å²) in [7, 11) is 0. The fourth-order valence-corrected chi connectivity index (χ4v) is 2.41. The van der Waals surface area contributed by atoms with Crippen LogP contribution in [0.1, 0.15) is 37.3 Å². The number of rotatable bonds is 6. The van der Waals surface area contributed by atoms with E-state index in [4.69, 9.17) is 0 Å². The van der Waals surface area contributed by atoms with Gasteiger partial charge in [-0.2, -0.15) is 0 Å². The number of hydrogen-bond acceptors (Lipinski definition) is 2. The molecule has 3 nitrogen and oxygen atoms in total. The summed E-state index contributed by atoms with van der Waals surface area (Å²) in [6.45, 7) is 4.85. The minimum Gasteiger partial charge on any atom is -0.352 e. The summed E-state index contributed by atoms with van der Waals surface area (Å²) < 4.78 is 0. The molecule has 0 spiro atoms. The number of amides is 1. The molecule has 1 amide bonds. The number of pyridine rings is 1. The number of nitrogens with zero attached hydrogens (tertiary/aromatic N) is 1. The number of hydrogen-bond donors (Lipinski definition) is 1. The summed E-state index contributed by atoms with van der Waals surface area (Å²) in [6.07, 6.45) is 4.02. The van der Waals surface area contributed by atoms with Gasteiger partial charge in [0.1, 0.15) is 0 Å². The topological polar surface area (TPSA) is 42.0 Å². The van der Waals surface area contributed by atoms with E-state index < -0.39 is 0 Å². The first kappa shape index (κ1) is 15.2. The molecule has 2 rings (SSSR count). The average molecular weight is 282 g/mol. The first-order valence-corrected chi connectivity index (χ1v) is 7.37. The summed E-state index contributed by atoms with van der Waals surface area (Å²) in [5.74, 6) is 0.762. The molecule has 0 radical (unpaired) electrons. The van der Waals surface area contributed by atoms with Crippen LogP contribution in [-0.4, -0.2) is 10.9 Å². The second-order valence-electron chi connectivity index (χ2n) is 5.60. The van der Waals surface area contributed by atoms with Crippen LogP contribution in [0.4, 0.5) is 0 Å². The van der Waals surface area contributed by atoms with Crippen molar-refractivity contribution in [3.05, 3.63) is 66.0 Å². The summed E-state index contributed by atoms with van der Waals surface area (Å²) in [6, 6.07) is 14.1. The third kappa shape index (κ3) is 4.71. The highest BCUT2D eigenvalue weighted by Gasteiger charge is 2.19. The summed E-state index contributed by atoms with van der Waals surface area (Å²) >= 11 is 0. The van der Waals surface area contributed by atoms with Gasteiger partial charge in [0, 0.05) is 25.4 Å². The first-order valence-electron chi connectivity index (χ1n) is 7.37. The number of benzene rings is 1. The van der Waals surface area contributed by atoms with Crippen molar-refractivity contribution in [1.29, 1.82) is 0 Å². The number of carbonyl (C=O) groups excluding carboxylic acids is 1. The minimum atomic E-state index is 0.0846. The van der Waals surface area contributed by atoms with Crippen LogP contribution in [0.15, 0.2) is 54.9 Å². The molecule has 0 aliphatic heterocycles. The molecule has 1 heterocycles. The van der Waals surface area contributed by atoms with Gasteiger partial charge in [0.2, 0.25) is 5.91 Å². The number of aromatic nitrogens is 1. The fourth-order valence-electron chi connectivity index (χ4n) is 2.41. The van der Waals surface area contributed by atoms with Gasteiger partial charge in [0.25, 0.3) is 0 Å². The number of nitrogens with one attached hydrogen (secondary N) is 1. The molecule has 110 valence electrons. The largest absolute Gasteiger partial charge is 0.352 e. The van der Waals surface area contributed by atoms with E-state index in [0.717, 1.165) is 5.56 Å². The lowest BCUT2D eigenvalue weighted by Crippen LogP contribution is -2.26. The molecule has 2 aromatic rings. The molecule has 21 heavy (non-hydrogen) atoms. The van der Waals surface area contributed by atoms with Gasteiger partial charge in [0.15, 0.2) is 0 Å². The molecule has 0 fully saturated rings. The monoisotopic (exact) mass is 282 g/mol. The molecule has 1 N–H and O–H groups in total. The summed E-state index contributed by atoms with van der Waals surface area (Å²) in [4.78, 5) is 16.2. The predicted molar refractivity (Wildman–Crippen MR) is 84.7 cm³/mol. The Hall–Kier alpha value is -2.16. The molecule has 1 aromatic carbocycles. The van der Waals surface area contributed by atoms with E-state index in [-0.39, 0.29) is 11.8 Å². The highest BCUT2D eigenvalue weighted by molar-refractivity contribution is 5.76. The smallest absolute Gasteiger partial charge is 0.220 e. The van der Waals surface area contributed by atoms with Crippen molar-refractivity contribution in [1.82, 2.24) is 10.3 Å². The van der Waals surface area contributed by atoms with Crippen LogP contribution >= 0.6 is 0 Å². The van der Waals surface area contributed by atoms with E-state index in [9.17, 15) is 4.79 Å². The van der Waals surface area contributed by atoms with Crippen molar-refractivity contribution in [2.24, 2.45) is 5.92 Å². The molecule has 3 heteroatoms. The van der Waals surface area contributed by atoms with Crippen LogP contribution in [0.5, 0.6) is 0 Å². The molecule has 1 atom stereocenters. The van der Waals surface area contributed by atoms with Gasteiger partial charge in [-0.15, -0.1) is 0 Å². The Labute approximate surface area is 126 Å². The van der Waals surface area contributed by atoms with Crippen molar-refractivity contribution in [2.75, 3.05) is 0 Å². The van der Waals surface area contributed by atoms with Crippen LogP contribution < -0.4 is 5.32 Å². The van der Waals surface area contributed by atoms with E-state index in [1.54, 1.807) is 12.4 Å². The lowest BCUT2D eigenvalue weighted by molar-refractivity contribution is -0.121. The van der Waals surface area contributed by atoms with E-state index in [1.165, 1.54) is 5.56 Å². The Morgan fingerprint density at radius 1 is 1.14 bits per heavy atom. The van der Waals surface area contributed by atoms with Crippen molar-refractivity contribution >= 4 is 5.91 Å². The third-order valence-corrected chi connectivity index (χ3v) is 3.65.